The van der Waals surface area contributed by atoms with Gasteiger partial charge >= 0.3 is 0 Å². The second-order valence-corrected chi connectivity index (χ2v) is 5.15. The molecule has 1 fully saturated rings. The number of nitrogens with zero attached hydrogens (tertiary/aromatic N) is 2. The van der Waals surface area contributed by atoms with Gasteiger partial charge in [-0.2, -0.15) is 5.26 Å². The molecule has 0 radical (unpaired) electrons. The van der Waals surface area contributed by atoms with Crippen molar-refractivity contribution in [3.05, 3.63) is 28.8 Å². The zero-order valence-corrected chi connectivity index (χ0v) is 11.3. The van der Waals surface area contributed by atoms with Gasteiger partial charge in [0.25, 0.3) is 0 Å². The molecule has 0 unspecified atom stereocenters. The SMILES string of the molecule is CN(CCOCC1CC1)c1ccc(Cl)cc1C#N. The third-order valence-corrected chi connectivity index (χ3v) is 3.35. The summed E-state index contributed by atoms with van der Waals surface area (Å²) in [6.07, 6.45) is 2.62. The largest absolute Gasteiger partial charge is 0.379 e. The Morgan fingerprint density at radius 3 is 2.94 bits per heavy atom. The van der Waals surface area contributed by atoms with Crippen LogP contribution in [0, 0.1) is 17.2 Å². The lowest BCUT2D eigenvalue weighted by molar-refractivity contribution is 0.131. The van der Waals surface area contributed by atoms with Gasteiger partial charge in [-0.3, -0.25) is 0 Å². The van der Waals surface area contributed by atoms with Crippen molar-refractivity contribution in [2.24, 2.45) is 5.92 Å². The molecule has 96 valence electrons. The first kappa shape index (κ1) is 13.2. The lowest BCUT2D eigenvalue weighted by atomic mass is 10.2. The van der Waals surface area contributed by atoms with Crippen molar-refractivity contribution in [3.8, 4) is 6.07 Å². The monoisotopic (exact) mass is 264 g/mol. The van der Waals surface area contributed by atoms with Crippen molar-refractivity contribution in [1.82, 2.24) is 0 Å². The van der Waals surface area contributed by atoms with Crippen LogP contribution in [0.1, 0.15) is 18.4 Å². The molecule has 0 heterocycles. The maximum absolute atomic E-state index is 9.08. The zero-order chi connectivity index (χ0) is 13.0. The molecule has 0 spiro atoms. The van der Waals surface area contributed by atoms with Gasteiger partial charge in [0.1, 0.15) is 6.07 Å². The molecule has 0 bridgehead atoms. The van der Waals surface area contributed by atoms with Gasteiger partial charge in [-0.25, -0.2) is 0 Å². The Balaban J connectivity index is 1.86. The van der Waals surface area contributed by atoms with E-state index in [2.05, 4.69) is 6.07 Å². The number of anilines is 1. The van der Waals surface area contributed by atoms with Crippen LogP contribution < -0.4 is 4.90 Å². The van der Waals surface area contributed by atoms with E-state index in [9.17, 15) is 0 Å². The van der Waals surface area contributed by atoms with E-state index in [1.165, 1.54) is 12.8 Å². The van der Waals surface area contributed by atoms with E-state index < -0.39 is 0 Å². The molecule has 4 heteroatoms. The fourth-order valence-corrected chi connectivity index (χ4v) is 1.96. The summed E-state index contributed by atoms with van der Waals surface area (Å²) < 4.78 is 5.60. The molecule has 18 heavy (non-hydrogen) atoms. The highest BCUT2D eigenvalue weighted by Crippen LogP contribution is 2.28. The molecule has 3 nitrogen and oxygen atoms in total. The van der Waals surface area contributed by atoms with Crippen LogP contribution in [0.4, 0.5) is 5.69 Å². The number of nitriles is 1. The standard InChI is InChI=1S/C14H17ClN2O/c1-17(6-7-18-10-11-2-3-11)14-5-4-13(15)8-12(14)9-16/h4-5,8,11H,2-3,6-7,10H2,1H3. The van der Waals surface area contributed by atoms with E-state index in [-0.39, 0.29) is 0 Å². The maximum atomic E-state index is 9.08. The summed E-state index contributed by atoms with van der Waals surface area (Å²) in [6, 6.07) is 7.54. The highest BCUT2D eigenvalue weighted by atomic mass is 35.5. The lowest BCUT2D eigenvalue weighted by Crippen LogP contribution is -2.23. The predicted octanol–water partition coefficient (Wildman–Crippen LogP) is 3.07. The topological polar surface area (TPSA) is 36.3 Å². The van der Waals surface area contributed by atoms with Crippen molar-refractivity contribution in [2.45, 2.75) is 12.8 Å². The van der Waals surface area contributed by atoms with Crippen molar-refractivity contribution < 1.29 is 4.74 Å². The molecule has 2 rings (SSSR count). The third-order valence-electron chi connectivity index (χ3n) is 3.11. The van der Waals surface area contributed by atoms with Crippen LogP contribution in [0.25, 0.3) is 0 Å². The number of benzene rings is 1. The van der Waals surface area contributed by atoms with Gasteiger partial charge in [0.05, 0.1) is 17.9 Å². The highest BCUT2D eigenvalue weighted by Gasteiger charge is 2.21. The van der Waals surface area contributed by atoms with E-state index >= 15 is 0 Å². The van der Waals surface area contributed by atoms with Crippen molar-refractivity contribution in [3.63, 3.8) is 0 Å². The number of hydrogen-bond donors (Lipinski definition) is 0. The predicted molar refractivity (Wildman–Crippen MR) is 73.0 cm³/mol. The van der Waals surface area contributed by atoms with Crippen LogP contribution in [0.2, 0.25) is 5.02 Å². The van der Waals surface area contributed by atoms with Crippen LogP contribution in [-0.2, 0) is 4.74 Å². The van der Waals surface area contributed by atoms with Gasteiger partial charge in [0, 0.05) is 25.2 Å². The quantitative estimate of drug-likeness (QED) is 0.741. The molecule has 1 aromatic rings. The van der Waals surface area contributed by atoms with Crippen LogP contribution in [-0.4, -0.2) is 26.8 Å². The fourth-order valence-electron chi connectivity index (χ4n) is 1.79. The second-order valence-electron chi connectivity index (χ2n) is 4.71. The molecule has 1 aliphatic rings. The Labute approximate surface area is 113 Å². The van der Waals surface area contributed by atoms with Gasteiger partial charge in [-0.15, -0.1) is 0 Å². The van der Waals surface area contributed by atoms with Crippen LogP contribution in [0.15, 0.2) is 18.2 Å². The zero-order valence-electron chi connectivity index (χ0n) is 10.5. The first-order chi connectivity index (χ1) is 8.70. The Bertz CT molecular complexity index is 452. The van der Waals surface area contributed by atoms with Crippen molar-refractivity contribution in [2.75, 3.05) is 31.7 Å². The van der Waals surface area contributed by atoms with E-state index in [0.717, 1.165) is 24.8 Å². The summed E-state index contributed by atoms with van der Waals surface area (Å²) in [5.74, 6) is 0.792. The summed E-state index contributed by atoms with van der Waals surface area (Å²) in [6.45, 7) is 2.35. The van der Waals surface area contributed by atoms with E-state index in [4.69, 9.17) is 21.6 Å². The summed E-state index contributed by atoms with van der Waals surface area (Å²) >= 11 is 5.87. The first-order valence-electron chi connectivity index (χ1n) is 6.19. The Hall–Kier alpha value is -1.24. The summed E-state index contributed by atoms with van der Waals surface area (Å²) in [4.78, 5) is 2.03. The molecule has 0 atom stereocenters. The molecule has 0 N–H and O–H groups in total. The maximum Gasteiger partial charge on any atom is 0.101 e. The summed E-state index contributed by atoms with van der Waals surface area (Å²) in [5, 5.41) is 9.67. The van der Waals surface area contributed by atoms with Crippen LogP contribution >= 0.6 is 11.6 Å². The van der Waals surface area contributed by atoms with E-state index in [1.807, 2.05) is 18.0 Å². The Kier molecular flexibility index (Phi) is 4.46. The van der Waals surface area contributed by atoms with E-state index in [0.29, 0.717) is 17.2 Å². The highest BCUT2D eigenvalue weighted by molar-refractivity contribution is 6.30. The second kappa shape index (κ2) is 6.08. The van der Waals surface area contributed by atoms with Gasteiger partial charge in [0.2, 0.25) is 0 Å². The fraction of sp³-hybridized carbons (Fsp3) is 0.500. The Morgan fingerprint density at radius 1 is 1.50 bits per heavy atom. The molecular formula is C14H17ClN2O. The van der Waals surface area contributed by atoms with Crippen molar-refractivity contribution >= 4 is 17.3 Å². The summed E-state index contributed by atoms with van der Waals surface area (Å²) in [5.41, 5.74) is 1.50. The molecule has 0 saturated heterocycles. The van der Waals surface area contributed by atoms with Crippen LogP contribution in [0.3, 0.4) is 0 Å². The van der Waals surface area contributed by atoms with Crippen LogP contribution in [0.5, 0.6) is 0 Å². The number of likely N-dealkylation sites (N-methyl/N-ethyl adjacent to an activating group) is 1. The molecule has 1 aliphatic carbocycles. The number of hydrogen-bond acceptors (Lipinski definition) is 3. The molecule has 1 saturated carbocycles. The molecular weight excluding hydrogens is 248 g/mol. The minimum atomic E-state index is 0.591. The Morgan fingerprint density at radius 2 is 2.28 bits per heavy atom. The molecule has 1 aromatic carbocycles. The molecule has 0 amide bonds. The van der Waals surface area contributed by atoms with Gasteiger partial charge in [-0.05, 0) is 37.0 Å². The van der Waals surface area contributed by atoms with E-state index in [1.54, 1.807) is 12.1 Å². The first-order valence-corrected chi connectivity index (χ1v) is 6.57. The van der Waals surface area contributed by atoms with Gasteiger partial charge < -0.3 is 9.64 Å². The average Bonchev–Trinajstić information content (AvgIpc) is 3.18. The summed E-state index contributed by atoms with van der Waals surface area (Å²) in [7, 11) is 1.96. The smallest absolute Gasteiger partial charge is 0.101 e. The number of halogens is 1. The van der Waals surface area contributed by atoms with Crippen molar-refractivity contribution in [1.29, 1.82) is 5.26 Å². The van der Waals surface area contributed by atoms with Gasteiger partial charge in [0.15, 0.2) is 0 Å². The molecule has 0 aromatic heterocycles. The minimum Gasteiger partial charge on any atom is -0.379 e. The van der Waals surface area contributed by atoms with Gasteiger partial charge in [-0.1, -0.05) is 11.6 Å². The number of rotatable bonds is 6. The molecule has 0 aliphatic heterocycles. The lowest BCUT2D eigenvalue weighted by Gasteiger charge is -2.20. The normalized spacial score (nSPS) is 14.3. The third kappa shape index (κ3) is 3.63. The average molecular weight is 265 g/mol. The number of ether oxygens (including phenoxy) is 1. The minimum absolute atomic E-state index is 0.591.